The Morgan fingerprint density at radius 1 is 1.46 bits per heavy atom. The van der Waals surface area contributed by atoms with Crippen molar-refractivity contribution in [2.45, 2.75) is 0 Å². The van der Waals surface area contributed by atoms with E-state index >= 15 is 0 Å². The van der Waals surface area contributed by atoms with Crippen LogP contribution in [0.4, 0.5) is 5.69 Å². The fourth-order valence-corrected chi connectivity index (χ4v) is 1.38. The molecule has 13 heavy (non-hydrogen) atoms. The number of nitrogen functional groups attached to an aromatic ring is 1. The molecular weight excluding hydrogens is 166 g/mol. The quantitative estimate of drug-likeness (QED) is 0.451. The maximum atomic E-state index is 9.39. The summed E-state index contributed by atoms with van der Waals surface area (Å²) in [4.78, 5) is 0. The lowest BCUT2D eigenvalue weighted by molar-refractivity contribution is 0.478. The molecule has 0 atom stereocenters. The second kappa shape index (κ2) is 2.58. The second-order valence-electron chi connectivity index (χ2n) is 2.88. The molecule has 0 aliphatic heterocycles. The molecule has 0 fully saturated rings. The van der Waals surface area contributed by atoms with Gasteiger partial charge in [-0.15, -0.1) is 0 Å². The van der Waals surface area contributed by atoms with Crippen LogP contribution in [0.2, 0.25) is 0 Å². The summed E-state index contributed by atoms with van der Waals surface area (Å²) >= 11 is 0. The molecule has 2 aromatic rings. The van der Waals surface area contributed by atoms with Crippen molar-refractivity contribution in [1.29, 1.82) is 0 Å². The van der Waals surface area contributed by atoms with Gasteiger partial charge >= 0.3 is 0 Å². The Hall–Kier alpha value is -1.84. The van der Waals surface area contributed by atoms with E-state index in [-0.39, 0.29) is 5.75 Å². The Bertz CT molecular complexity index is 447. The normalized spacial score (nSPS) is 10.5. The summed E-state index contributed by atoms with van der Waals surface area (Å²) in [6.45, 7) is 0. The number of benzene rings is 1. The molecule has 4 heteroatoms. The molecule has 0 amide bonds. The number of hydrogen-bond acceptors (Lipinski definition) is 3. The number of nitrogens with one attached hydrogen (secondary N) is 1. The average molecular weight is 177 g/mol. The van der Waals surface area contributed by atoms with Crippen molar-refractivity contribution in [1.82, 2.24) is 4.68 Å². The number of phenols is 1. The van der Waals surface area contributed by atoms with Gasteiger partial charge in [-0.05, 0) is 12.1 Å². The van der Waals surface area contributed by atoms with Gasteiger partial charge in [0.05, 0.1) is 11.2 Å². The Morgan fingerprint density at radius 3 is 2.92 bits per heavy atom. The monoisotopic (exact) mass is 177 g/mol. The van der Waals surface area contributed by atoms with E-state index in [2.05, 4.69) is 5.43 Å². The molecule has 0 aliphatic rings. The maximum Gasteiger partial charge on any atom is 0.140 e. The van der Waals surface area contributed by atoms with E-state index in [0.29, 0.717) is 5.69 Å². The van der Waals surface area contributed by atoms with Crippen LogP contribution in [-0.2, 0) is 0 Å². The Kier molecular flexibility index (Phi) is 1.55. The molecule has 0 aliphatic carbocycles. The topological polar surface area (TPSA) is 63.2 Å². The van der Waals surface area contributed by atoms with Crippen LogP contribution in [0, 0.1) is 0 Å². The second-order valence-corrected chi connectivity index (χ2v) is 2.88. The van der Waals surface area contributed by atoms with Gasteiger partial charge in [-0.1, -0.05) is 0 Å². The summed E-state index contributed by atoms with van der Waals surface area (Å²) in [5.41, 5.74) is 9.83. The van der Waals surface area contributed by atoms with E-state index in [4.69, 9.17) is 5.73 Å². The van der Waals surface area contributed by atoms with Crippen LogP contribution in [-0.4, -0.2) is 16.8 Å². The standard InChI is InChI=1S/C9H11N3O/c1-11-12-3-2-6-4-7(10)9(13)5-8(6)12/h2-5,11,13H,10H2,1H3. The fourth-order valence-electron chi connectivity index (χ4n) is 1.38. The zero-order valence-electron chi connectivity index (χ0n) is 7.28. The van der Waals surface area contributed by atoms with Crippen LogP contribution < -0.4 is 11.2 Å². The van der Waals surface area contributed by atoms with Gasteiger partial charge in [-0.2, -0.15) is 0 Å². The van der Waals surface area contributed by atoms with Crippen molar-refractivity contribution in [2.24, 2.45) is 0 Å². The smallest absolute Gasteiger partial charge is 0.140 e. The van der Waals surface area contributed by atoms with E-state index in [1.807, 2.05) is 24.0 Å². The van der Waals surface area contributed by atoms with Crippen LogP contribution in [0.1, 0.15) is 0 Å². The fraction of sp³-hybridized carbons (Fsp3) is 0.111. The molecule has 0 radical (unpaired) electrons. The number of anilines is 1. The zero-order valence-corrected chi connectivity index (χ0v) is 7.28. The van der Waals surface area contributed by atoms with Crippen molar-refractivity contribution in [3.63, 3.8) is 0 Å². The summed E-state index contributed by atoms with van der Waals surface area (Å²) in [6.07, 6.45) is 1.88. The molecule has 1 aromatic carbocycles. The van der Waals surface area contributed by atoms with Crippen LogP contribution in [0.25, 0.3) is 10.9 Å². The van der Waals surface area contributed by atoms with Crippen LogP contribution in [0.5, 0.6) is 5.75 Å². The number of nitrogens with two attached hydrogens (primary N) is 1. The molecule has 2 rings (SSSR count). The van der Waals surface area contributed by atoms with Crippen LogP contribution in [0.3, 0.4) is 0 Å². The molecule has 1 heterocycles. The number of nitrogens with zero attached hydrogens (tertiary/aromatic N) is 1. The minimum atomic E-state index is 0.114. The molecule has 4 nitrogen and oxygen atoms in total. The summed E-state index contributed by atoms with van der Waals surface area (Å²) in [5, 5.41) is 10.4. The Morgan fingerprint density at radius 2 is 2.23 bits per heavy atom. The third-order valence-electron chi connectivity index (χ3n) is 2.08. The molecule has 0 saturated heterocycles. The van der Waals surface area contributed by atoms with Gasteiger partial charge in [-0.25, -0.2) is 0 Å². The van der Waals surface area contributed by atoms with Crippen LogP contribution >= 0.6 is 0 Å². The van der Waals surface area contributed by atoms with Gasteiger partial charge in [0.1, 0.15) is 5.75 Å². The van der Waals surface area contributed by atoms with Crippen molar-refractivity contribution in [2.75, 3.05) is 18.2 Å². The molecule has 68 valence electrons. The zero-order chi connectivity index (χ0) is 9.42. The number of aromatic hydroxyl groups is 1. The SMILES string of the molecule is CNn1ccc2cc(N)c(O)cc21. The predicted molar refractivity (Wildman–Crippen MR) is 53.3 cm³/mol. The Labute approximate surface area is 75.6 Å². The van der Waals surface area contributed by atoms with E-state index < -0.39 is 0 Å². The minimum absolute atomic E-state index is 0.114. The third-order valence-corrected chi connectivity index (χ3v) is 2.08. The Balaban J connectivity index is 2.77. The highest BCUT2D eigenvalue weighted by Crippen LogP contribution is 2.26. The van der Waals surface area contributed by atoms with Crippen molar-refractivity contribution >= 4 is 16.6 Å². The van der Waals surface area contributed by atoms with Crippen LogP contribution in [0.15, 0.2) is 24.4 Å². The summed E-state index contributed by atoms with van der Waals surface area (Å²) < 4.78 is 1.81. The molecule has 0 spiro atoms. The number of phenolic OH excluding ortho intramolecular Hbond substituents is 1. The summed E-state index contributed by atoms with van der Waals surface area (Å²) in [7, 11) is 1.81. The molecule has 1 aromatic heterocycles. The first-order valence-corrected chi connectivity index (χ1v) is 3.99. The van der Waals surface area contributed by atoms with Gasteiger partial charge in [-0.3, -0.25) is 4.68 Å². The summed E-state index contributed by atoms with van der Waals surface area (Å²) in [5.74, 6) is 0.114. The first-order valence-electron chi connectivity index (χ1n) is 3.99. The van der Waals surface area contributed by atoms with Gasteiger partial charge in [0.15, 0.2) is 0 Å². The molecule has 4 N–H and O–H groups in total. The highest BCUT2D eigenvalue weighted by atomic mass is 16.3. The number of rotatable bonds is 1. The molecule has 0 unspecified atom stereocenters. The lowest BCUT2D eigenvalue weighted by Crippen LogP contribution is -2.06. The van der Waals surface area contributed by atoms with Gasteiger partial charge in [0.2, 0.25) is 0 Å². The molecule has 0 bridgehead atoms. The number of aromatic nitrogens is 1. The first kappa shape index (κ1) is 7.79. The van der Waals surface area contributed by atoms with E-state index in [0.717, 1.165) is 10.9 Å². The van der Waals surface area contributed by atoms with Gasteiger partial charge in [0.25, 0.3) is 0 Å². The molecule has 0 saturated carbocycles. The number of fused-ring (bicyclic) bond motifs is 1. The van der Waals surface area contributed by atoms with Gasteiger partial charge < -0.3 is 16.3 Å². The van der Waals surface area contributed by atoms with E-state index in [9.17, 15) is 5.11 Å². The highest BCUT2D eigenvalue weighted by Gasteiger charge is 2.03. The predicted octanol–water partition coefficient (Wildman–Crippen LogP) is 1.10. The van der Waals surface area contributed by atoms with E-state index in [1.54, 1.807) is 12.1 Å². The van der Waals surface area contributed by atoms with Gasteiger partial charge in [0, 0.05) is 24.7 Å². The maximum absolute atomic E-state index is 9.39. The summed E-state index contributed by atoms with van der Waals surface area (Å²) in [6, 6.07) is 5.32. The minimum Gasteiger partial charge on any atom is -0.506 e. The lowest BCUT2D eigenvalue weighted by atomic mass is 10.2. The number of hydrogen-bond donors (Lipinski definition) is 3. The lowest BCUT2D eigenvalue weighted by Gasteiger charge is -2.04. The van der Waals surface area contributed by atoms with Crippen molar-refractivity contribution in [3.8, 4) is 5.75 Å². The third kappa shape index (κ3) is 1.07. The van der Waals surface area contributed by atoms with Crippen molar-refractivity contribution in [3.05, 3.63) is 24.4 Å². The van der Waals surface area contributed by atoms with Crippen molar-refractivity contribution < 1.29 is 5.11 Å². The highest BCUT2D eigenvalue weighted by molar-refractivity contribution is 5.86. The average Bonchev–Trinajstić information content (AvgIpc) is 2.48. The largest absolute Gasteiger partial charge is 0.506 e. The molecular formula is C9H11N3O. The first-order chi connectivity index (χ1) is 6.22. The van der Waals surface area contributed by atoms with E-state index in [1.165, 1.54) is 0 Å².